The molecule has 0 aliphatic carbocycles. The minimum Gasteiger partial charge on any atom is -0.434 e. The van der Waals surface area contributed by atoms with Gasteiger partial charge in [0, 0.05) is 25.2 Å². The lowest BCUT2D eigenvalue weighted by Gasteiger charge is -2.32. The maximum absolute atomic E-state index is 12.6. The van der Waals surface area contributed by atoms with Gasteiger partial charge in [-0.15, -0.1) is 0 Å². The summed E-state index contributed by atoms with van der Waals surface area (Å²) in [7, 11) is 0. The molecule has 2 aromatic rings. The highest BCUT2D eigenvalue weighted by atomic mass is 35.5. The molecular formula is C23H25ClN2O5. The molecule has 0 spiro atoms. The molecule has 1 fully saturated rings. The fraction of sp³-hybridized carbons (Fsp3) is 0.348. The van der Waals surface area contributed by atoms with Crippen molar-refractivity contribution in [2.24, 2.45) is 5.92 Å². The van der Waals surface area contributed by atoms with E-state index in [2.05, 4.69) is 5.32 Å². The van der Waals surface area contributed by atoms with E-state index in [4.69, 9.17) is 21.1 Å². The zero-order chi connectivity index (χ0) is 22.2. The van der Waals surface area contributed by atoms with Gasteiger partial charge in [-0.05, 0) is 62.1 Å². The molecular weight excluding hydrogens is 420 g/mol. The smallest absolute Gasteiger partial charge is 0.434 e. The Morgan fingerprint density at radius 1 is 1.06 bits per heavy atom. The molecule has 8 heteroatoms. The highest BCUT2D eigenvalue weighted by Crippen LogP contribution is 2.22. The van der Waals surface area contributed by atoms with Crippen molar-refractivity contribution in [1.82, 2.24) is 10.2 Å². The molecule has 2 aromatic carbocycles. The first-order valence-electron chi connectivity index (χ1n) is 10.2. The second kappa shape index (κ2) is 10.8. The number of ether oxygens (including phenoxy) is 2. The van der Waals surface area contributed by atoms with Crippen LogP contribution in [0.1, 0.15) is 40.5 Å². The fourth-order valence-corrected chi connectivity index (χ4v) is 3.62. The first kappa shape index (κ1) is 22.6. The van der Waals surface area contributed by atoms with Crippen LogP contribution in [-0.4, -0.2) is 49.1 Å². The molecule has 1 aliphatic heterocycles. The number of likely N-dealkylation sites (tertiary alicyclic amines) is 1. The number of carbonyl (C=O) groups is 3. The standard InChI is InChI=1S/C23H25ClN2O5/c1-2-30-23(29)31-18-9-7-17(8-10-18)21(27)25-15-16-11-13-26(14-12-16)22(28)19-5-3-4-6-20(19)24/h3-10,16H,2,11-15H2,1H3,(H,25,27). The van der Waals surface area contributed by atoms with Gasteiger partial charge in [-0.25, -0.2) is 4.79 Å². The van der Waals surface area contributed by atoms with Crippen molar-refractivity contribution in [2.45, 2.75) is 19.8 Å². The van der Waals surface area contributed by atoms with Crippen molar-refractivity contribution in [1.29, 1.82) is 0 Å². The van der Waals surface area contributed by atoms with Gasteiger partial charge in [-0.3, -0.25) is 9.59 Å². The van der Waals surface area contributed by atoms with Crippen LogP contribution in [-0.2, 0) is 4.74 Å². The van der Waals surface area contributed by atoms with Gasteiger partial charge in [-0.2, -0.15) is 0 Å². The van der Waals surface area contributed by atoms with E-state index in [1.54, 1.807) is 55.5 Å². The Hall–Kier alpha value is -3.06. The van der Waals surface area contributed by atoms with Crippen molar-refractivity contribution >= 4 is 29.6 Å². The Kier molecular flexibility index (Phi) is 7.89. The molecule has 1 N–H and O–H groups in total. The van der Waals surface area contributed by atoms with Gasteiger partial charge in [-0.1, -0.05) is 23.7 Å². The van der Waals surface area contributed by atoms with E-state index in [1.807, 2.05) is 4.90 Å². The van der Waals surface area contributed by atoms with E-state index in [0.717, 1.165) is 12.8 Å². The van der Waals surface area contributed by atoms with E-state index in [-0.39, 0.29) is 18.4 Å². The molecule has 1 heterocycles. The lowest BCUT2D eigenvalue weighted by molar-refractivity contribution is 0.0684. The van der Waals surface area contributed by atoms with Gasteiger partial charge in [0.1, 0.15) is 5.75 Å². The van der Waals surface area contributed by atoms with Crippen LogP contribution in [0.15, 0.2) is 48.5 Å². The summed E-state index contributed by atoms with van der Waals surface area (Å²) in [5.74, 6) is 0.353. The Morgan fingerprint density at radius 3 is 2.39 bits per heavy atom. The summed E-state index contributed by atoms with van der Waals surface area (Å²) in [4.78, 5) is 38.2. The predicted molar refractivity (Wildman–Crippen MR) is 117 cm³/mol. The van der Waals surface area contributed by atoms with Crippen LogP contribution in [0.25, 0.3) is 0 Å². The minimum atomic E-state index is -0.779. The molecule has 1 saturated heterocycles. The van der Waals surface area contributed by atoms with E-state index in [1.165, 1.54) is 0 Å². The van der Waals surface area contributed by atoms with Crippen molar-refractivity contribution in [3.8, 4) is 5.75 Å². The van der Waals surface area contributed by atoms with Gasteiger partial charge >= 0.3 is 6.16 Å². The zero-order valence-corrected chi connectivity index (χ0v) is 18.1. The van der Waals surface area contributed by atoms with E-state index >= 15 is 0 Å². The SMILES string of the molecule is CCOC(=O)Oc1ccc(C(=O)NCC2CCN(C(=O)c3ccccc3Cl)CC2)cc1. The molecule has 164 valence electrons. The largest absolute Gasteiger partial charge is 0.513 e. The summed E-state index contributed by atoms with van der Waals surface area (Å²) in [5, 5.41) is 3.40. The van der Waals surface area contributed by atoms with Crippen molar-refractivity contribution in [3.05, 3.63) is 64.7 Å². The molecule has 0 atom stereocenters. The van der Waals surface area contributed by atoms with E-state index < -0.39 is 6.16 Å². The third-order valence-electron chi connectivity index (χ3n) is 5.14. The third kappa shape index (κ3) is 6.21. The third-order valence-corrected chi connectivity index (χ3v) is 5.47. The second-order valence-corrected chi connectivity index (χ2v) is 7.64. The molecule has 3 rings (SSSR count). The maximum Gasteiger partial charge on any atom is 0.513 e. The molecule has 2 amide bonds. The Morgan fingerprint density at radius 2 is 1.74 bits per heavy atom. The van der Waals surface area contributed by atoms with Crippen molar-refractivity contribution < 1.29 is 23.9 Å². The van der Waals surface area contributed by atoms with Gasteiger partial charge in [0.25, 0.3) is 11.8 Å². The lowest BCUT2D eigenvalue weighted by Crippen LogP contribution is -2.41. The summed E-state index contributed by atoms with van der Waals surface area (Å²) >= 11 is 6.13. The lowest BCUT2D eigenvalue weighted by atomic mass is 9.96. The van der Waals surface area contributed by atoms with Crippen LogP contribution in [0.5, 0.6) is 5.75 Å². The van der Waals surface area contributed by atoms with E-state index in [0.29, 0.717) is 47.5 Å². The Labute approximate surface area is 186 Å². The average molecular weight is 445 g/mol. The highest BCUT2D eigenvalue weighted by molar-refractivity contribution is 6.33. The van der Waals surface area contributed by atoms with Gasteiger partial charge in [0.2, 0.25) is 0 Å². The van der Waals surface area contributed by atoms with E-state index in [9.17, 15) is 14.4 Å². The van der Waals surface area contributed by atoms with Crippen LogP contribution < -0.4 is 10.1 Å². The quantitative estimate of drug-likeness (QED) is 0.534. The van der Waals surface area contributed by atoms with Gasteiger partial charge < -0.3 is 19.7 Å². The number of rotatable bonds is 6. The Balaban J connectivity index is 1.44. The molecule has 31 heavy (non-hydrogen) atoms. The number of halogens is 1. The van der Waals surface area contributed by atoms with Crippen LogP contribution in [0.4, 0.5) is 4.79 Å². The number of nitrogens with zero attached hydrogens (tertiary/aromatic N) is 1. The predicted octanol–water partition coefficient (Wildman–Crippen LogP) is 4.16. The average Bonchev–Trinajstić information content (AvgIpc) is 2.78. The molecule has 0 saturated carbocycles. The minimum absolute atomic E-state index is 0.0572. The molecule has 1 aliphatic rings. The summed E-state index contributed by atoms with van der Waals surface area (Å²) in [6.45, 7) is 3.71. The molecule has 0 unspecified atom stereocenters. The van der Waals surface area contributed by atoms with Crippen molar-refractivity contribution in [3.63, 3.8) is 0 Å². The number of piperidine rings is 1. The van der Waals surface area contributed by atoms with Gasteiger partial charge in [0.05, 0.1) is 17.2 Å². The van der Waals surface area contributed by atoms with Crippen LogP contribution in [0.2, 0.25) is 5.02 Å². The van der Waals surface area contributed by atoms with Gasteiger partial charge in [0.15, 0.2) is 0 Å². The first-order chi connectivity index (χ1) is 15.0. The highest BCUT2D eigenvalue weighted by Gasteiger charge is 2.25. The summed E-state index contributed by atoms with van der Waals surface area (Å²) in [6.07, 6.45) is 0.838. The molecule has 0 aromatic heterocycles. The molecule has 7 nitrogen and oxygen atoms in total. The monoisotopic (exact) mass is 444 g/mol. The second-order valence-electron chi connectivity index (χ2n) is 7.23. The van der Waals surface area contributed by atoms with Crippen LogP contribution >= 0.6 is 11.6 Å². The normalized spacial score (nSPS) is 14.1. The Bertz CT molecular complexity index is 924. The molecule has 0 bridgehead atoms. The fourth-order valence-electron chi connectivity index (χ4n) is 3.40. The summed E-state index contributed by atoms with van der Waals surface area (Å²) in [5.41, 5.74) is 0.994. The number of amides is 2. The number of benzene rings is 2. The summed E-state index contributed by atoms with van der Waals surface area (Å²) in [6, 6.07) is 13.3. The van der Waals surface area contributed by atoms with Crippen molar-refractivity contribution in [2.75, 3.05) is 26.2 Å². The summed E-state index contributed by atoms with van der Waals surface area (Å²) < 4.78 is 9.69. The number of hydrogen-bond acceptors (Lipinski definition) is 5. The number of hydrogen-bond donors (Lipinski definition) is 1. The first-order valence-corrected chi connectivity index (χ1v) is 10.6. The molecule has 0 radical (unpaired) electrons. The topological polar surface area (TPSA) is 84.9 Å². The van der Waals surface area contributed by atoms with Crippen LogP contribution in [0, 0.1) is 5.92 Å². The number of carbonyl (C=O) groups excluding carboxylic acids is 3. The number of nitrogens with one attached hydrogen (secondary N) is 1. The zero-order valence-electron chi connectivity index (χ0n) is 17.3. The maximum atomic E-state index is 12.6. The van der Waals surface area contributed by atoms with Crippen LogP contribution in [0.3, 0.4) is 0 Å².